The van der Waals surface area contributed by atoms with Crippen LogP contribution in [0.3, 0.4) is 0 Å². The van der Waals surface area contributed by atoms with Crippen LogP contribution in [0.4, 0.5) is 19.0 Å². The minimum absolute atomic E-state index is 0.0564. The van der Waals surface area contributed by atoms with Gasteiger partial charge in [-0.15, -0.1) is 6.42 Å². The molecule has 5 heterocycles. The number of terminal acetylenes is 1. The van der Waals surface area contributed by atoms with E-state index in [2.05, 4.69) is 33.4 Å². The third-order valence-corrected chi connectivity index (χ3v) is 11.5. The van der Waals surface area contributed by atoms with Crippen LogP contribution in [0, 0.1) is 35.8 Å². The molecule has 9 rings (SSSR count). The van der Waals surface area contributed by atoms with Gasteiger partial charge in [-0.25, -0.2) is 18.2 Å². The van der Waals surface area contributed by atoms with Gasteiger partial charge in [0.15, 0.2) is 5.82 Å². The molecule has 2 aromatic carbocycles. The maximum Gasteiger partial charge on any atom is 0.319 e. The van der Waals surface area contributed by atoms with Gasteiger partial charge >= 0.3 is 6.01 Å². The molecule has 0 radical (unpaired) electrons. The molecule has 2 saturated carbocycles. The molecule has 260 valence electrons. The van der Waals surface area contributed by atoms with Crippen molar-refractivity contribution in [3.8, 4) is 41.2 Å². The van der Waals surface area contributed by atoms with Crippen molar-refractivity contribution >= 4 is 27.5 Å². The molecular weight excluding hydrogens is 645 g/mol. The highest BCUT2D eigenvalue weighted by atomic mass is 19.1. The second kappa shape index (κ2) is 11.9. The molecule has 2 saturated heterocycles. The van der Waals surface area contributed by atoms with Crippen LogP contribution in [0.15, 0.2) is 24.3 Å². The summed E-state index contributed by atoms with van der Waals surface area (Å²) in [4.78, 5) is 16.4. The molecule has 5 aliphatic rings. The summed E-state index contributed by atoms with van der Waals surface area (Å²) in [6.07, 6.45) is 10.7. The van der Waals surface area contributed by atoms with Crippen LogP contribution < -0.4 is 20.1 Å². The molecule has 12 heteroatoms. The third-order valence-electron chi connectivity index (χ3n) is 11.5. The number of phenolic OH excluding ortho intramolecular Hbond substituents is 1. The molecule has 0 spiro atoms. The molecule has 50 heavy (non-hydrogen) atoms. The molecule has 6 atom stereocenters. The number of aromatic nitrogens is 3. The van der Waals surface area contributed by atoms with E-state index in [0.717, 1.165) is 45.1 Å². The lowest BCUT2D eigenvalue weighted by Crippen LogP contribution is -2.43. The van der Waals surface area contributed by atoms with Crippen LogP contribution in [0.5, 0.6) is 17.6 Å². The third kappa shape index (κ3) is 5.28. The summed E-state index contributed by atoms with van der Waals surface area (Å²) in [5.74, 6) is 1.83. The van der Waals surface area contributed by atoms with Crippen LogP contribution in [0.1, 0.15) is 57.4 Å². The summed E-state index contributed by atoms with van der Waals surface area (Å²) in [7, 11) is 0. The molecule has 2 aliphatic carbocycles. The zero-order valence-corrected chi connectivity index (χ0v) is 27.8. The summed E-state index contributed by atoms with van der Waals surface area (Å²) >= 11 is 0. The van der Waals surface area contributed by atoms with Gasteiger partial charge in [-0.3, -0.25) is 4.90 Å². The number of nitrogens with zero attached hydrogens (tertiary/aromatic N) is 4. The van der Waals surface area contributed by atoms with Gasteiger partial charge in [-0.1, -0.05) is 18.9 Å². The van der Waals surface area contributed by atoms with Gasteiger partial charge in [0.2, 0.25) is 5.88 Å². The summed E-state index contributed by atoms with van der Waals surface area (Å²) in [6, 6.07) is 5.84. The van der Waals surface area contributed by atoms with Crippen molar-refractivity contribution in [1.29, 1.82) is 0 Å². The van der Waals surface area contributed by atoms with E-state index in [0.29, 0.717) is 36.6 Å². The molecule has 0 amide bonds. The van der Waals surface area contributed by atoms with Crippen molar-refractivity contribution in [1.82, 2.24) is 25.2 Å². The number of alkyl halides is 1. The number of phenols is 1. The van der Waals surface area contributed by atoms with Crippen molar-refractivity contribution < 1.29 is 27.8 Å². The molecule has 1 unspecified atom stereocenters. The lowest BCUT2D eigenvalue weighted by atomic mass is 9.95. The first-order chi connectivity index (χ1) is 24.2. The smallest absolute Gasteiger partial charge is 0.319 e. The minimum atomic E-state index is -0.937. The van der Waals surface area contributed by atoms with Crippen LogP contribution in [0.2, 0.25) is 0 Å². The van der Waals surface area contributed by atoms with Crippen molar-refractivity contribution in [3.63, 3.8) is 0 Å². The number of hydrogen-bond acceptors (Lipinski definition) is 9. The van der Waals surface area contributed by atoms with Crippen molar-refractivity contribution in [2.75, 3.05) is 31.6 Å². The SMILES string of the molecule is C#Cc1c(F)ccc2cc(O)cc(-c3nc4c5c(nc(OC[C@@]67CCCN6C[C@H](F)C7)nc5c3F)NC[C@@H](CC)N[C@H]3C[C@@H]3C(C3CC3)O4)c12. The summed E-state index contributed by atoms with van der Waals surface area (Å²) in [6.45, 7) is 3.96. The number of anilines is 1. The van der Waals surface area contributed by atoms with Crippen LogP contribution in [-0.4, -0.2) is 81.1 Å². The van der Waals surface area contributed by atoms with Gasteiger partial charge in [0.05, 0.1) is 11.1 Å². The number of aromatic hydroxyl groups is 1. The Labute approximate surface area is 288 Å². The van der Waals surface area contributed by atoms with Gasteiger partial charge in [-0.2, -0.15) is 9.97 Å². The zero-order valence-electron chi connectivity index (χ0n) is 27.8. The number of ether oxygens (including phenoxy) is 2. The van der Waals surface area contributed by atoms with E-state index < -0.39 is 23.3 Å². The normalized spacial score (nSPS) is 29.1. The fourth-order valence-electron chi connectivity index (χ4n) is 8.68. The summed E-state index contributed by atoms with van der Waals surface area (Å²) in [5.41, 5.74) is -0.712. The minimum Gasteiger partial charge on any atom is -0.508 e. The van der Waals surface area contributed by atoms with E-state index >= 15 is 8.78 Å². The monoisotopic (exact) mass is 684 g/mol. The van der Waals surface area contributed by atoms with Crippen molar-refractivity contribution in [2.24, 2.45) is 11.8 Å². The largest absolute Gasteiger partial charge is 0.508 e. The fraction of sp³-hybridized carbons (Fsp3) is 0.500. The zero-order chi connectivity index (χ0) is 34.3. The number of benzene rings is 2. The maximum absolute atomic E-state index is 17.3. The van der Waals surface area contributed by atoms with Crippen LogP contribution in [-0.2, 0) is 0 Å². The molecule has 3 aliphatic heterocycles. The molecule has 3 N–H and O–H groups in total. The first-order valence-electron chi connectivity index (χ1n) is 17.8. The Kier molecular flexibility index (Phi) is 7.51. The van der Waals surface area contributed by atoms with E-state index in [1.54, 1.807) is 0 Å². The fourth-order valence-corrected chi connectivity index (χ4v) is 8.68. The Morgan fingerprint density at radius 1 is 1.18 bits per heavy atom. The number of fused-ring (bicyclic) bond motifs is 3. The first-order valence-corrected chi connectivity index (χ1v) is 17.8. The maximum atomic E-state index is 17.3. The van der Waals surface area contributed by atoms with Gasteiger partial charge in [0.1, 0.15) is 52.9 Å². The van der Waals surface area contributed by atoms with Crippen molar-refractivity contribution in [2.45, 2.75) is 81.8 Å². The Morgan fingerprint density at radius 2 is 2.04 bits per heavy atom. The second-order valence-corrected chi connectivity index (χ2v) is 14.8. The Balaban J connectivity index is 1.25. The predicted molar refractivity (Wildman–Crippen MR) is 183 cm³/mol. The highest BCUT2D eigenvalue weighted by Gasteiger charge is 2.52. The average Bonchev–Trinajstić information content (AvgIpc) is 4.02. The standard InChI is InChI=1S/C38H39F3N6O3/c1-3-22-16-42-35-30-33(45-37(46-35)49-18-38-10-5-11-47(38)17-21(39)15-38)31(41)32(44-36(30)50-34(19-6-7-19)25-14-28(25)43-22)26-13-23(48)12-20-8-9-27(40)24(4-2)29(20)26/h2,8-9,12-13,19,21-22,25,28,34,43,48H,3,5-7,10-11,14-18H2,1H3,(H,42,45,46)/t21-,22-,25+,28+,34?,38+/m1/s1. The van der Waals surface area contributed by atoms with Crippen LogP contribution in [0.25, 0.3) is 32.9 Å². The molecule has 2 aromatic heterocycles. The molecule has 0 bridgehead atoms. The van der Waals surface area contributed by atoms with Gasteiger partial charge in [-0.05, 0) is 74.6 Å². The predicted octanol–water partition coefficient (Wildman–Crippen LogP) is 6.10. The van der Waals surface area contributed by atoms with E-state index in [-0.39, 0.29) is 81.5 Å². The second-order valence-electron chi connectivity index (χ2n) is 14.8. The molecule has 4 fully saturated rings. The molecule has 9 nitrogen and oxygen atoms in total. The number of rotatable bonds is 6. The number of halogens is 3. The van der Waals surface area contributed by atoms with Crippen molar-refractivity contribution in [3.05, 3.63) is 41.5 Å². The molecular formula is C38H39F3N6O3. The topological polar surface area (TPSA) is 105 Å². The van der Waals surface area contributed by atoms with Gasteiger partial charge < -0.3 is 25.2 Å². The summed E-state index contributed by atoms with van der Waals surface area (Å²) in [5, 5.41) is 18.9. The average molecular weight is 685 g/mol. The number of nitrogens with one attached hydrogen (secondary N) is 2. The Morgan fingerprint density at radius 3 is 2.84 bits per heavy atom. The first kappa shape index (κ1) is 31.6. The highest BCUT2D eigenvalue weighted by Crippen LogP contribution is 2.49. The lowest BCUT2D eigenvalue weighted by Gasteiger charge is -2.30. The quantitative estimate of drug-likeness (QED) is 0.208. The number of hydrogen-bond donors (Lipinski definition) is 3. The van der Waals surface area contributed by atoms with Gasteiger partial charge in [0, 0.05) is 48.5 Å². The van der Waals surface area contributed by atoms with Crippen LogP contribution >= 0.6 is 0 Å². The Bertz CT molecular complexity index is 2070. The highest BCUT2D eigenvalue weighted by molar-refractivity contribution is 6.04. The van der Waals surface area contributed by atoms with E-state index in [9.17, 15) is 9.50 Å². The van der Waals surface area contributed by atoms with E-state index in [1.165, 1.54) is 24.3 Å². The lowest BCUT2D eigenvalue weighted by molar-refractivity contribution is 0.107. The Hall–Kier alpha value is -4.34. The van der Waals surface area contributed by atoms with Gasteiger partial charge in [0.25, 0.3) is 0 Å². The summed E-state index contributed by atoms with van der Waals surface area (Å²) < 4.78 is 60.1. The molecule has 4 aromatic rings. The number of pyridine rings is 1. The van der Waals surface area contributed by atoms with E-state index in [1.807, 2.05) is 0 Å². The van der Waals surface area contributed by atoms with E-state index in [4.69, 9.17) is 25.9 Å².